The normalized spacial score (nSPS) is 23.1. The van der Waals surface area contributed by atoms with Crippen LogP contribution in [0.5, 0.6) is 0 Å². The van der Waals surface area contributed by atoms with Gasteiger partial charge in [-0.2, -0.15) is 5.26 Å². The molecule has 5 saturated heterocycles. The third kappa shape index (κ3) is 8.56. The number of imide groups is 1. The second-order valence-electron chi connectivity index (χ2n) is 16.8. The van der Waals surface area contributed by atoms with Gasteiger partial charge < -0.3 is 24.9 Å². The van der Waals surface area contributed by atoms with Crippen molar-refractivity contribution in [1.29, 1.82) is 5.26 Å². The number of benzene rings is 3. The lowest BCUT2D eigenvalue weighted by molar-refractivity contribution is -0.133. The van der Waals surface area contributed by atoms with Gasteiger partial charge in [-0.3, -0.25) is 24.6 Å². The molecule has 300 valence electrons. The van der Waals surface area contributed by atoms with Crippen molar-refractivity contribution in [2.45, 2.75) is 64.0 Å². The van der Waals surface area contributed by atoms with Gasteiger partial charge in [-0.05, 0) is 117 Å². The molecule has 5 fully saturated rings. The number of hydrogen-bond acceptors (Lipinski definition) is 9. The maximum atomic E-state index is 15.0. The summed E-state index contributed by atoms with van der Waals surface area (Å²) >= 11 is 6.38. The lowest BCUT2D eigenvalue weighted by Gasteiger charge is -2.40. The number of nitriles is 1. The zero-order valence-corrected chi connectivity index (χ0v) is 33.4. The Morgan fingerprint density at radius 3 is 2.32 bits per heavy atom. The highest BCUT2D eigenvalue weighted by atomic mass is 35.5. The number of anilines is 4. The molecule has 5 aliphatic heterocycles. The van der Waals surface area contributed by atoms with Crippen molar-refractivity contribution in [1.82, 2.24) is 15.1 Å². The van der Waals surface area contributed by atoms with Crippen LogP contribution in [0.3, 0.4) is 0 Å². The van der Waals surface area contributed by atoms with Crippen LogP contribution < -0.4 is 25.3 Å². The van der Waals surface area contributed by atoms with Crippen LogP contribution in [0.2, 0.25) is 5.02 Å². The summed E-state index contributed by atoms with van der Waals surface area (Å²) in [5.41, 5.74) is 4.96. The van der Waals surface area contributed by atoms with Crippen molar-refractivity contribution >= 4 is 52.1 Å². The predicted molar refractivity (Wildman–Crippen MR) is 221 cm³/mol. The van der Waals surface area contributed by atoms with Crippen LogP contribution >= 0.6 is 11.6 Å². The minimum absolute atomic E-state index is 0.102. The van der Waals surface area contributed by atoms with Crippen molar-refractivity contribution in [2.24, 2.45) is 11.3 Å². The van der Waals surface area contributed by atoms with Crippen molar-refractivity contribution in [3.63, 3.8) is 0 Å². The quantitative estimate of drug-likeness (QED) is 0.260. The largest absolute Gasteiger partial charge is 0.374 e. The molecule has 0 saturated carbocycles. The Kier molecular flexibility index (Phi) is 11.3. The number of halogens is 2. The smallest absolute Gasteiger partial charge is 0.253 e. The number of nitrogens with zero attached hydrogens (tertiary/aromatic N) is 6. The first kappa shape index (κ1) is 39.0. The molecule has 0 aliphatic carbocycles. The van der Waals surface area contributed by atoms with Crippen LogP contribution in [-0.2, 0) is 9.59 Å². The number of likely N-dealkylation sites (tertiary alicyclic amines) is 1. The average Bonchev–Trinajstić information content (AvgIpc) is 3.55. The van der Waals surface area contributed by atoms with E-state index in [4.69, 9.17) is 11.6 Å². The third-order valence-electron chi connectivity index (χ3n) is 13.1. The van der Waals surface area contributed by atoms with E-state index in [-0.39, 0.29) is 35.4 Å². The Labute approximate surface area is 339 Å². The summed E-state index contributed by atoms with van der Waals surface area (Å²) in [6.07, 6.45) is 6.00. The van der Waals surface area contributed by atoms with Crippen molar-refractivity contribution in [3.05, 3.63) is 82.6 Å². The number of piperidine rings is 3. The molecule has 8 rings (SSSR count). The fourth-order valence-electron chi connectivity index (χ4n) is 9.77. The van der Waals surface area contributed by atoms with Gasteiger partial charge in [0.2, 0.25) is 11.8 Å². The number of piperazine rings is 1. The van der Waals surface area contributed by atoms with Gasteiger partial charge in [0, 0.05) is 101 Å². The topological polar surface area (TPSA) is 115 Å². The molecule has 3 aromatic carbocycles. The Morgan fingerprint density at radius 2 is 1.63 bits per heavy atom. The fraction of sp³-hybridized carbons (Fsp3) is 0.500. The summed E-state index contributed by atoms with van der Waals surface area (Å²) in [7, 11) is 0. The van der Waals surface area contributed by atoms with E-state index in [1.807, 2.05) is 35.2 Å². The van der Waals surface area contributed by atoms with Gasteiger partial charge in [-0.15, -0.1) is 0 Å². The Balaban J connectivity index is 0.770. The monoisotopic (exact) mass is 794 g/mol. The van der Waals surface area contributed by atoms with Gasteiger partial charge in [0.25, 0.3) is 5.91 Å². The maximum absolute atomic E-state index is 15.0. The fourth-order valence-corrected chi connectivity index (χ4v) is 9.99. The highest BCUT2D eigenvalue weighted by molar-refractivity contribution is 6.32. The second kappa shape index (κ2) is 16.5. The second-order valence-corrected chi connectivity index (χ2v) is 17.2. The van der Waals surface area contributed by atoms with E-state index in [9.17, 15) is 24.0 Å². The summed E-state index contributed by atoms with van der Waals surface area (Å²) in [6.45, 7) is 10.8. The molecule has 0 bridgehead atoms. The first-order chi connectivity index (χ1) is 27.6. The average molecular weight is 795 g/mol. The van der Waals surface area contributed by atoms with E-state index in [2.05, 4.69) is 55.4 Å². The lowest BCUT2D eigenvalue weighted by Crippen LogP contribution is -2.49. The third-order valence-corrected chi connectivity index (χ3v) is 13.4. The van der Waals surface area contributed by atoms with E-state index < -0.39 is 6.04 Å². The van der Waals surface area contributed by atoms with E-state index >= 15 is 0 Å². The lowest BCUT2D eigenvalue weighted by atomic mass is 9.76. The highest BCUT2D eigenvalue weighted by Gasteiger charge is 2.44. The molecule has 3 aromatic rings. The number of carbonyl (C=O) groups is 3. The summed E-state index contributed by atoms with van der Waals surface area (Å²) in [6, 6.07) is 20.9. The van der Waals surface area contributed by atoms with Crippen molar-refractivity contribution < 1.29 is 18.8 Å². The number of rotatable bonds is 8. The molecule has 13 heteroatoms. The molecule has 57 heavy (non-hydrogen) atoms. The van der Waals surface area contributed by atoms with E-state index in [1.165, 1.54) is 11.8 Å². The van der Waals surface area contributed by atoms with Gasteiger partial charge in [0.05, 0.1) is 16.3 Å². The molecule has 2 atom stereocenters. The van der Waals surface area contributed by atoms with Crippen LogP contribution in [0, 0.1) is 28.5 Å². The molecule has 5 heterocycles. The molecule has 0 radical (unpaired) electrons. The Bertz CT molecular complexity index is 2020. The van der Waals surface area contributed by atoms with Crippen molar-refractivity contribution in [3.8, 4) is 6.07 Å². The number of nitrogens with one attached hydrogen (secondary N) is 2. The highest BCUT2D eigenvalue weighted by Crippen LogP contribution is 2.46. The minimum Gasteiger partial charge on any atom is -0.374 e. The molecule has 11 nitrogen and oxygen atoms in total. The van der Waals surface area contributed by atoms with Gasteiger partial charge in [-0.1, -0.05) is 11.6 Å². The molecule has 1 spiro atoms. The van der Waals surface area contributed by atoms with Crippen LogP contribution in [0.25, 0.3) is 0 Å². The van der Waals surface area contributed by atoms with Gasteiger partial charge >= 0.3 is 0 Å². The van der Waals surface area contributed by atoms with Crippen LogP contribution in [0.4, 0.5) is 27.1 Å². The van der Waals surface area contributed by atoms with Gasteiger partial charge in [-0.25, -0.2) is 4.39 Å². The Morgan fingerprint density at radius 1 is 0.912 bits per heavy atom. The van der Waals surface area contributed by atoms with Gasteiger partial charge in [0.1, 0.15) is 17.9 Å². The minimum atomic E-state index is -0.516. The van der Waals surface area contributed by atoms with E-state index in [0.29, 0.717) is 53.4 Å². The maximum Gasteiger partial charge on any atom is 0.253 e. The summed E-state index contributed by atoms with van der Waals surface area (Å²) < 4.78 is 15.0. The first-order valence-corrected chi connectivity index (χ1v) is 20.9. The van der Waals surface area contributed by atoms with E-state index in [1.54, 1.807) is 12.1 Å². The van der Waals surface area contributed by atoms with Crippen LogP contribution in [-0.4, -0.2) is 105 Å². The SMILES string of the molecule is C[C@@H]1CC2(CCN(c3ccc(C(=O)N4CCC(CN5CCN(c6cc(N[C@@H]7CCC(=O)NC7=O)ccc6F)CC5)CC4)cc3)CC2)CN1c1ccc(C#N)c(Cl)c1. The molecular formula is C44H52ClFN8O3. The van der Waals surface area contributed by atoms with Crippen LogP contribution in [0.1, 0.15) is 67.8 Å². The van der Waals surface area contributed by atoms with Crippen molar-refractivity contribution in [2.75, 3.05) is 85.5 Å². The molecule has 3 amide bonds. The Hall–Kier alpha value is -4.86. The summed E-state index contributed by atoms with van der Waals surface area (Å²) in [5.74, 6) is -0.285. The standard InChI is InChI=1S/C44H52ClFN8O3/c1-30-26-44(29-54(30)36-8-4-33(27-47)37(45)25-36)14-18-51(19-15-44)35-6-2-32(3-7-35)43(57)53-16-12-31(13-17-53)28-50-20-22-52(23-21-50)40-24-34(5-9-38(40)46)48-39-10-11-41(55)49-42(39)56/h2-9,24-25,30-31,39,48H,10-23,26,28-29H2,1H3,(H,49,55,56)/t30-,39-/m1/s1. The molecular weight excluding hydrogens is 743 g/mol. The van der Waals surface area contributed by atoms with Gasteiger partial charge in [0.15, 0.2) is 0 Å². The molecule has 2 N–H and O–H groups in total. The van der Waals surface area contributed by atoms with E-state index in [0.717, 1.165) is 95.7 Å². The first-order valence-electron chi connectivity index (χ1n) is 20.5. The summed E-state index contributed by atoms with van der Waals surface area (Å²) in [5, 5.41) is 15.3. The number of carbonyl (C=O) groups excluding carboxylic acids is 3. The number of amides is 3. The number of hydrogen-bond donors (Lipinski definition) is 2. The van der Waals surface area contributed by atoms with Crippen LogP contribution in [0.15, 0.2) is 60.7 Å². The zero-order valence-electron chi connectivity index (χ0n) is 32.7. The molecule has 0 unspecified atom stereocenters. The zero-order chi connectivity index (χ0) is 39.7. The molecule has 5 aliphatic rings. The predicted octanol–water partition coefficient (Wildman–Crippen LogP) is 6.13. The summed E-state index contributed by atoms with van der Waals surface area (Å²) in [4.78, 5) is 48.7. The molecule has 0 aromatic heterocycles.